The van der Waals surface area contributed by atoms with Crippen LogP contribution in [-0.4, -0.2) is 14.6 Å². The topological polar surface area (TPSA) is 58.5 Å². The van der Waals surface area contributed by atoms with Crippen LogP contribution in [0.2, 0.25) is 0 Å². The van der Waals surface area contributed by atoms with Gasteiger partial charge in [-0.2, -0.15) is 13.5 Å². The molecule has 0 saturated heterocycles. The van der Waals surface area contributed by atoms with Gasteiger partial charge in [0.1, 0.15) is 0 Å². The standard InChI is InChI=1S/C21H28N2O2S/c1-15(2)18-10-8-17(9-11-18)14-22-23-26(24,25)20-13-19(21(4,5)6)12-7-16(20)3/h7-15,23H,1-6H3/b22-14+. The molecule has 0 aliphatic heterocycles. The van der Waals surface area contributed by atoms with Crippen LogP contribution in [0, 0.1) is 6.92 Å². The van der Waals surface area contributed by atoms with Gasteiger partial charge < -0.3 is 0 Å². The van der Waals surface area contributed by atoms with Gasteiger partial charge in [-0.15, -0.1) is 0 Å². The number of rotatable bonds is 5. The molecule has 0 radical (unpaired) electrons. The molecule has 0 fully saturated rings. The number of hydrazone groups is 1. The number of benzene rings is 2. The van der Waals surface area contributed by atoms with Crippen molar-refractivity contribution in [2.24, 2.45) is 5.10 Å². The quantitative estimate of drug-likeness (QED) is 0.609. The average molecular weight is 373 g/mol. The van der Waals surface area contributed by atoms with Crippen molar-refractivity contribution in [1.29, 1.82) is 0 Å². The molecule has 26 heavy (non-hydrogen) atoms. The molecule has 0 aliphatic carbocycles. The summed E-state index contributed by atoms with van der Waals surface area (Å²) in [5, 5.41) is 3.93. The predicted molar refractivity (Wildman–Crippen MR) is 108 cm³/mol. The Hall–Kier alpha value is -2.14. The summed E-state index contributed by atoms with van der Waals surface area (Å²) < 4.78 is 25.3. The van der Waals surface area contributed by atoms with Crippen LogP contribution in [-0.2, 0) is 15.4 Å². The summed E-state index contributed by atoms with van der Waals surface area (Å²) in [7, 11) is -3.71. The Labute approximate surface area is 157 Å². The molecule has 2 rings (SSSR count). The van der Waals surface area contributed by atoms with Gasteiger partial charge in [-0.25, -0.2) is 4.83 Å². The fourth-order valence-electron chi connectivity index (χ4n) is 2.54. The Balaban J connectivity index is 2.21. The maximum Gasteiger partial charge on any atom is 0.276 e. The predicted octanol–water partition coefficient (Wildman–Crippen LogP) is 4.73. The molecule has 0 aliphatic rings. The van der Waals surface area contributed by atoms with E-state index in [0.29, 0.717) is 11.5 Å². The van der Waals surface area contributed by atoms with Crippen molar-refractivity contribution in [3.63, 3.8) is 0 Å². The second-order valence-corrected chi connectivity index (χ2v) is 9.53. The molecule has 4 nitrogen and oxygen atoms in total. The summed E-state index contributed by atoms with van der Waals surface area (Å²) >= 11 is 0. The summed E-state index contributed by atoms with van der Waals surface area (Å²) in [6.07, 6.45) is 1.52. The molecule has 1 N–H and O–H groups in total. The zero-order valence-corrected chi connectivity index (χ0v) is 17.2. The third-order valence-corrected chi connectivity index (χ3v) is 5.70. The molecule has 0 unspecified atom stereocenters. The number of aryl methyl sites for hydroxylation is 1. The van der Waals surface area contributed by atoms with E-state index in [1.54, 1.807) is 13.0 Å². The molecule has 0 saturated carbocycles. The number of hydrogen-bond donors (Lipinski definition) is 1. The maximum atomic E-state index is 12.6. The zero-order chi connectivity index (χ0) is 19.5. The Bertz CT molecular complexity index is 891. The van der Waals surface area contributed by atoms with Crippen LogP contribution >= 0.6 is 0 Å². The van der Waals surface area contributed by atoms with E-state index in [-0.39, 0.29) is 10.3 Å². The first-order chi connectivity index (χ1) is 12.0. The van der Waals surface area contributed by atoms with Crippen molar-refractivity contribution in [3.8, 4) is 0 Å². The molecule has 2 aromatic rings. The zero-order valence-electron chi connectivity index (χ0n) is 16.4. The van der Waals surface area contributed by atoms with Gasteiger partial charge in [0, 0.05) is 0 Å². The van der Waals surface area contributed by atoms with Gasteiger partial charge in [0.2, 0.25) is 0 Å². The minimum absolute atomic E-state index is 0.126. The summed E-state index contributed by atoms with van der Waals surface area (Å²) in [4.78, 5) is 2.58. The third kappa shape index (κ3) is 4.94. The van der Waals surface area contributed by atoms with Gasteiger partial charge in [0.25, 0.3) is 10.0 Å². The van der Waals surface area contributed by atoms with E-state index in [1.165, 1.54) is 11.8 Å². The Morgan fingerprint density at radius 2 is 1.65 bits per heavy atom. The Morgan fingerprint density at radius 1 is 1.04 bits per heavy atom. The minimum atomic E-state index is -3.71. The van der Waals surface area contributed by atoms with Crippen molar-refractivity contribution in [2.75, 3.05) is 0 Å². The lowest BCUT2D eigenvalue weighted by atomic mass is 9.87. The first-order valence-electron chi connectivity index (χ1n) is 8.76. The number of nitrogens with one attached hydrogen (secondary N) is 1. The SMILES string of the molecule is Cc1ccc(C(C)(C)C)cc1S(=O)(=O)N/N=C/c1ccc(C(C)C)cc1. The van der Waals surface area contributed by atoms with E-state index in [0.717, 1.165) is 11.1 Å². The lowest BCUT2D eigenvalue weighted by Crippen LogP contribution is -2.21. The highest BCUT2D eigenvalue weighted by atomic mass is 32.2. The monoisotopic (exact) mass is 372 g/mol. The second kappa shape index (κ2) is 7.62. The third-order valence-electron chi connectivity index (χ3n) is 4.33. The van der Waals surface area contributed by atoms with Crippen LogP contribution in [0.5, 0.6) is 0 Å². The lowest BCUT2D eigenvalue weighted by molar-refractivity contribution is 0.577. The van der Waals surface area contributed by atoms with Crippen molar-refractivity contribution in [3.05, 3.63) is 64.7 Å². The van der Waals surface area contributed by atoms with E-state index < -0.39 is 10.0 Å². The van der Waals surface area contributed by atoms with Crippen molar-refractivity contribution in [2.45, 2.75) is 57.8 Å². The first-order valence-corrected chi connectivity index (χ1v) is 10.2. The van der Waals surface area contributed by atoms with E-state index in [9.17, 15) is 8.42 Å². The molecule has 0 atom stereocenters. The average Bonchev–Trinajstić information content (AvgIpc) is 2.54. The van der Waals surface area contributed by atoms with E-state index in [1.807, 2.05) is 36.4 Å². The van der Waals surface area contributed by atoms with Crippen molar-refractivity contribution >= 4 is 16.2 Å². The molecule has 0 aromatic heterocycles. The van der Waals surface area contributed by atoms with Gasteiger partial charge in [0.05, 0.1) is 11.1 Å². The van der Waals surface area contributed by atoms with Gasteiger partial charge in [-0.05, 0) is 46.6 Å². The minimum Gasteiger partial charge on any atom is -0.200 e. The highest BCUT2D eigenvalue weighted by Gasteiger charge is 2.21. The highest BCUT2D eigenvalue weighted by molar-refractivity contribution is 7.89. The summed E-state index contributed by atoms with van der Waals surface area (Å²) in [6, 6.07) is 13.4. The molecular weight excluding hydrogens is 344 g/mol. The maximum absolute atomic E-state index is 12.6. The molecule has 0 bridgehead atoms. The fourth-order valence-corrected chi connectivity index (χ4v) is 3.61. The van der Waals surface area contributed by atoms with E-state index >= 15 is 0 Å². The van der Waals surface area contributed by atoms with Crippen LogP contribution in [0.3, 0.4) is 0 Å². The van der Waals surface area contributed by atoms with Gasteiger partial charge in [0.15, 0.2) is 0 Å². The van der Waals surface area contributed by atoms with Gasteiger partial charge in [-0.1, -0.05) is 71.0 Å². The summed E-state index contributed by atoms with van der Waals surface area (Å²) in [6.45, 7) is 12.2. The highest BCUT2D eigenvalue weighted by Crippen LogP contribution is 2.26. The van der Waals surface area contributed by atoms with Crippen LogP contribution in [0.4, 0.5) is 0 Å². The van der Waals surface area contributed by atoms with Gasteiger partial charge in [-0.3, -0.25) is 0 Å². The Kier molecular flexibility index (Phi) is 5.91. The Morgan fingerprint density at radius 3 is 2.19 bits per heavy atom. The molecule has 5 heteroatoms. The summed E-state index contributed by atoms with van der Waals surface area (Å²) in [5.41, 5.74) is 3.62. The molecular formula is C21H28N2O2S. The number of nitrogens with zero attached hydrogens (tertiary/aromatic N) is 1. The molecule has 0 amide bonds. The molecule has 140 valence electrons. The smallest absolute Gasteiger partial charge is 0.200 e. The number of hydrogen-bond acceptors (Lipinski definition) is 3. The first kappa shape index (κ1) is 20.2. The molecule has 2 aromatic carbocycles. The molecule has 0 heterocycles. The summed E-state index contributed by atoms with van der Waals surface area (Å²) in [5.74, 6) is 0.456. The van der Waals surface area contributed by atoms with Crippen LogP contribution < -0.4 is 4.83 Å². The number of sulfonamides is 1. The van der Waals surface area contributed by atoms with Crippen LogP contribution in [0.25, 0.3) is 0 Å². The molecule has 0 spiro atoms. The van der Waals surface area contributed by atoms with E-state index in [4.69, 9.17) is 0 Å². The fraction of sp³-hybridized carbons (Fsp3) is 0.381. The van der Waals surface area contributed by atoms with Crippen LogP contribution in [0.15, 0.2) is 52.5 Å². The lowest BCUT2D eigenvalue weighted by Gasteiger charge is -2.20. The van der Waals surface area contributed by atoms with Crippen molar-refractivity contribution in [1.82, 2.24) is 4.83 Å². The normalized spacial score (nSPS) is 12.7. The largest absolute Gasteiger partial charge is 0.276 e. The van der Waals surface area contributed by atoms with Crippen molar-refractivity contribution < 1.29 is 8.42 Å². The second-order valence-electron chi connectivity index (χ2n) is 7.90. The van der Waals surface area contributed by atoms with E-state index in [2.05, 4.69) is 44.6 Å². The van der Waals surface area contributed by atoms with Gasteiger partial charge >= 0.3 is 0 Å². The van der Waals surface area contributed by atoms with Crippen LogP contribution in [0.1, 0.15) is 62.8 Å².